The molecule has 0 bridgehead atoms. The molecule has 1 fully saturated rings. The van der Waals surface area contributed by atoms with E-state index < -0.39 is 22.0 Å². The molecule has 2 rings (SSSR count). The highest BCUT2D eigenvalue weighted by Crippen LogP contribution is 2.48. The van der Waals surface area contributed by atoms with E-state index in [1.807, 2.05) is 0 Å². The predicted octanol–water partition coefficient (Wildman–Crippen LogP) is 0.167. The minimum absolute atomic E-state index is 0.0535. The van der Waals surface area contributed by atoms with Crippen LogP contribution >= 0.6 is 11.6 Å². The molecule has 0 saturated heterocycles. The molecule has 6 radical (unpaired) electrons. The van der Waals surface area contributed by atoms with Gasteiger partial charge in [0.15, 0.2) is 5.78 Å². The number of benzene rings is 1. The molecule has 1 aliphatic rings. The van der Waals surface area contributed by atoms with Crippen LogP contribution in [0.1, 0.15) is 18.4 Å². The number of Topliss-reactive ketones (excluding diaryl/α,β-unsaturated/α-hetero) is 1. The first-order chi connectivity index (χ1) is 8.58. The van der Waals surface area contributed by atoms with Gasteiger partial charge >= 0.3 is 0 Å². The van der Waals surface area contributed by atoms with E-state index in [1.165, 1.54) is 0 Å². The molecule has 1 aromatic carbocycles. The summed E-state index contributed by atoms with van der Waals surface area (Å²) in [5.41, 5.74) is 2.72. The molecular weight excluding hydrogens is 258 g/mol. The van der Waals surface area contributed by atoms with Crippen LogP contribution in [-0.4, -0.2) is 39.9 Å². The number of ketones is 1. The van der Waals surface area contributed by atoms with Crippen LogP contribution in [0.2, 0.25) is 10.2 Å². The van der Waals surface area contributed by atoms with Crippen molar-refractivity contribution >= 4 is 40.9 Å². The molecule has 1 aromatic rings. The van der Waals surface area contributed by atoms with Gasteiger partial charge in [-0.1, -0.05) is 35.0 Å². The van der Waals surface area contributed by atoms with Gasteiger partial charge in [0.25, 0.3) is 0 Å². The third kappa shape index (κ3) is 2.49. The highest BCUT2D eigenvalue weighted by Gasteiger charge is 2.54. The molecule has 0 heterocycles. The zero-order valence-corrected chi connectivity index (χ0v) is 11.0. The molecule has 0 amide bonds. The van der Waals surface area contributed by atoms with Gasteiger partial charge in [0, 0.05) is 5.02 Å². The molecule has 0 aromatic heterocycles. The third-order valence-corrected chi connectivity index (χ3v) is 3.69. The predicted molar refractivity (Wildman–Crippen MR) is 76.5 cm³/mol. The Balaban J connectivity index is 2.58. The van der Waals surface area contributed by atoms with Crippen LogP contribution in [0, 0.1) is 0 Å². The van der Waals surface area contributed by atoms with E-state index in [4.69, 9.17) is 40.9 Å². The van der Waals surface area contributed by atoms with Crippen molar-refractivity contribution < 1.29 is 9.90 Å². The number of aliphatic hydroxyl groups is 1. The summed E-state index contributed by atoms with van der Waals surface area (Å²) < 4.78 is 0. The fourth-order valence-electron chi connectivity index (χ4n) is 2.67. The summed E-state index contributed by atoms with van der Waals surface area (Å²) in [5, 5.41) is 8.95. The summed E-state index contributed by atoms with van der Waals surface area (Å²) in [4.78, 5) is 12.3. The van der Waals surface area contributed by atoms with Gasteiger partial charge in [-0.25, -0.2) is 0 Å². The lowest BCUT2D eigenvalue weighted by molar-refractivity contribution is -0.140. The molecule has 92 valence electrons. The first kappa shape index (κ1) is 14.7. The molecule has 3 N–H and O–H groups in total. The number of hydrogen-bond acceptors (Lipinski definition) is 3. The highest BCUT2D eigenvalue weighted by atomic mass is 35.5. The van der Waals surface area contributed by atoms with Crippen molar-refractivity contribution in [3.05, 3.63) is 34.9 Å². The molecule has 7 heteroatoms. The fraction of sp³-hybridized carbons (Fsp3) is 0.417. The molecule has 2 unspecified atom stereocenters. The topological polar surface area (TPSA) is 63.3 Å². The van der Waals surface area contributed by atoms with Crippen molar-refractivity contribution in [2.45, 2.75) is 29.1 Å². The standard InChI is InChI=1S/C12H11B3ClNO2/c13-10(14)5-11(17,9(18)12(15,19)6-10)7-3-1-2-4-8(7)16/h1-4,19H,5-6,17H2. The first-order valence-corrected chi connectivity index (χ1v) is 6.14. The van der Waals surface area contributed by atoms with Crippen molar-refractivity contribution in [3.8, 4) is 0 Å². The van der Waals surface area contributed by atoms with E-state index >= 15 is 0 Å². The van der Waals surface area contributed by atoms with Gasteiger partial charge in [-0.2, -0.15) is 0 Å². The van der Waals surface area contributed by atoms with Crippen molar-refractivity contribution in [2.24, 2.45) is 5.73 Å². The maximum absolute atomic E-state index is 12.3. The van der Waals surface area contributed by atoms with E-state index in [1.54, 1.807) is 24.3 Å². The number of carbonyl (C=O) groups excluding carboxylic acids is 1. The van der Waals surface area contributed by atoms with E-state index in [2.05, 4.69) is 0 Å². The maximum Gasteiger partial charge on any atom is 0.178 e. The zero-order chi connectivity index (χ0) is 14.5. The summed E-state index contributed by atoms with van der Waals surface area (Å²) in [7, 11) is 17.3. The van der Waals surface area contributed by atoms with Crippen molar-refractivity contribution in [2.75, 3.05) is 0 Å². The van der Waals surface area contributed by atoms with Crippen molar-refractivity contribution in [1.29, 1.82) is 0 Å². The Morgan fingerprint density at radius 1 is 1.21 bits per heavy atom. The summed E-state index contributed by atoms with van der Waals surface area (Å²) in [6.07, 6.45) is -0.315. The van der Waals surface area contributed by atoms with Crippen LogP contribution in [0.25, 0.3) is 0 Å². The normalized spacial score (nSPS) is 34.2. The number of rotatable bonds is 1. The average Bonchev–Trinajstić information content (AvgIpc) is 2.24. The van der Waals surface area contributed by atoms with Gasteiger partial charge in [-0.15, -0.1) is 0 Å². The molecule has 0 spiro atoms. The molecule has 1 saturated carbocycles. The van der Waals surface area contributed by atoms with Gasteiger partial charge in [0.2, 0.25) is 0 Å². The van der Waals surface area contributed by atoms with Gasteiger partial charge in [-0.05, 0) is 24.5 Å². The number of carbonyl (C=O) groups is 1. The van der Waals surface area contributed by atoms with E-state index in [0.29, 0.717) is 10.6 Å². The van der Waals surface area contributed by atoms with Gasteiger partial charge in [0.1, 0.15) is 13.4 Å². The third-order valence-electron chi connectivity index (χ3n) is 3.36. The van der Waals surface area contributed by atoms with Crippen LogP contribution in [0.4, 0.5) is 0 Å². The lowest BCUT2D eigenvalue weighted by Crippen LogP contribution is -2.63. The second kappa shape index (κ2) is 4.40. The van der Waals surface area contributed by atoms with E-state index in [0.717, 1.165) is 0 Å². The summed E-state index contributed by atoms with van der Waals surface area (Å²) >= 11 is 6.06. The van der Waals surface area contributed by atoms with Crippen LogP contribution in [-0.2, 0) is 10.3 Å². The monoisotopic (exact) mass is 269 g/mol. The second-order valence-corrected chi connectivity index (χ2v) is 5.70. The van der Waals surface area contributed by atoms with E-state index in [-0.39, 0.29) is 12.8 Å². The maximum atomic E-state index is 12.3. The smallest absolute Gasteiger partial charge is 0.178 e. The van der Waals surface area contributed by atoms with Crippen LogP contribution in [0.15, 0.2) is 24.3 Å². The SMILES string of the molecule is [B]C1([B])CC([B])(O)C(=O)C(N)(c2ccccc2Cl)C1. The Hall–Kier alpha value is -0.705. The number of nitrogens with two attached hydrogens (primary N) is 1. The number of halogens is 1. The second-order valence-electron chi connectivity index (χ2n) is 5.29. The number of hydrogen-bond donors (Lipinski definition) is 2. The van der Waals surface area contributed by atoms with Gasteiger partial charge in [0.05, 0.1) is 21.2 Å². The van der Waals surface area contributed by atoms with Crippen LogP contribution in [0.5, 0.6) is 0 Å². The highest BCUT2D eigenvalue weighted by molar-refractivity contribution is 6.42. The lowest BCUT2D eigenvalue weighted by Gasteiger charge is -2.49. The minimum atomic E-state index is -2.17. The quantitative estimate of drug-likeness (QED) is 0.714. The zero-order valence-electron chi connectivity index (χ0n) is 10.3. The van der Waals surface area contributed by atoms with Crippen molar-refractivity contribution in [3.63, 3.8) is 0 Å². The first-order valence-electron chi connectivity index (χ1n) is 5.76. The Bertz CT molecular complexity index is 535. The molecule has 19 heavy (non-hydrogen) atoms. The molecule has 0 aliphatic heterocycles. The average molecular weight is 269 g/mol. The Kier molecular flexibility index (Phi) is 3.41. The van der Waals surface area contributed by atoms with Crippen molar-refractivity contribution in [1.82, 2.24) is 0 Å². The minimum Gasteiger partial charge on any atom is -0.392 e. The largest absolute Gasteiger partial charge is 0.392 e. The summed E-state index contributed by atoms with van der Waals surface area (Å²) in [6.45, 7) is 0. The molecule has 1 aliphatic carbocycles. The summed E-state index contributed by atoms with van der Waals surface area (Å²) in [5.74, 6) is -0.736. The fourth-order valence-corrected chi connectivity index (χ4v) is 2.98. The summed E-state index contributed by atoms with van der Waals surface area (Å²) in [6, 6.07) is 6.58. The Morgan fingerprint density at radius 3 is 2.37 bits per heavy atom. The molecule has 2 atom stereocenters. The van der Waals surface area contributed by atoms with E-state index in [9.17, 15) is 9.90 Å². The van der Waals surface area contributed by atoms with Crippen LogP contribution in [0.3, 0.4) is 0 Å². The lowest BCUT2D eigenvalue weighted by atomic mass is 9.40. The van der Waals surface area contributed by atoms with Gasteiger partial charge < -0.3 is 10.8 Å². The van der Waals surface area contributed by atoms with Gasteiger partial charge in [-0.3, -0.25) is 4.79 Å². The Labute approximate surface area is 121 Å². The Morgan fingerprint density at radius 2 is 1.79 bits per heavy atom. The van der Waals surface area contributed by atoms with Crippen LogP contribution < -0.4 is 5.73 Å². The molecular formula is C12H11B3ClNO2. The molecule has 3 nitrogen and oxygen atoms in total.